The summed E-state index contributed by atoms with van der Waals surface area (Å²) in [5, 5.41) is 15.3. The first-order chi connectivity index (χ1) is 14.4. The molecule has 154 valence electrons. The van der Waals surface area contributed by atoms with E-state index >= 15 is 0 Å². The van der Waals surface area contributed by atoms with Gasteiger partial charge in [-0.1, -0.05) is 35.9 Å². The summed E-state index contributed by atoms with van der Waals surface area (Å²) in [5.41, 5.74) is 3.38. The molecule has 0 aliphatic carbocycles. The summed E-state index contributed by atoms with van der Waals surface area (Å²) in [4.78, 5) is 2.17. The van der Waals surface area contributed by atoms with Gasteiger partial charge in [-0.2, -0.15) is 5.10 Å². The van der Waals surface area contributed by atoms with Crippen molar-refractivity contribution in [3.8, 4) is 32.4 Å². The number of aliphatic hydroxyl groups excluding tert-OH is 1. The highest BCUT2D eigenvalue weighted by Crippen LogP contribution is 2.38. The zero-order valence-electron chi connectivity index (χ0n) is 17.0. The molecule has 0 fully saturated rings. The molecule has 0 saturated carbocycles. The average Bonchev–Trinajstić information content (AvgIpc) is 3.35. The maximum atomic E-state index is 10.1. The predicted octanol–water partition coefficient (Wildman–Crippen LogP) is 6.76. The van der Waals surface area contributed by atoms with Crippen molar-refractivity contribution < 1.29 is 9.84 Å². The Balaban J connectivity index is 1.76. The van der Waals surface area contributed by atoms with Gasteiger partial charge in [0.2, 0.25) is 0 Å². The zero-order chi connectivity index (χ0) is 21.3. The minimum Gasteiger partial charge on any atom is -0.491 e. The summed E-state index contributed by atoms with van der Waals surface area (Å²) in [6, 6.07) is 21.8. The van der Waals surface area contributed by atoms with Crippen LogP contribution >= 0.6 is 22.9 Å². The van der Waals surface area contributed by atoms with Crippen LogP contribution in [0, 0.1) is 0 Å². The minimum atomic E-state index is -0.670. The smallest absolute Gasteiger partial charge is 0.120 e. The molecule has 0 aliphatic rings. The SMILES string of the molecule is CC(C)Oc1cccc(-c2ccc(-c3cc(C(C)O)nn3-c3ccccc3Cl)s2)c1. The van der Waals surface area contributed by atoms with E-state index in [-0.39, 0.29) is 6.10 Å². The lowest BCUT2D eigenvalue weighted by atomic mass is 10.2. The molecule has 0 aliphatic heterocycles. The molecule has 6 heteroatoms. The lowest BCUT2D eigenvalue weighted by Gasteiger charge is -2.10. The quantitative estimate of drug-likeness (QED) is 0.361. The van der Waals surface area contributed by atoms with Gasteiger partial charge in [-0.25, -0.2) is 4.68 Å². The molecule has 0 amide bonds. The highest BCUT2D eigenvalue weighted by Gasteiger charge is 2.18. The topological polar surface area (TPSA) is 47.3 Å². The van der Waals surface area contributed by atoms with E-state index in [9.17, 15) is 5.11 Å². The normalized spacial score (nSPS) is 12.3. The summed E-state index contributed by atoms with van der Waals surface area (Å²) in [6.45, 7) is 5.75. The number of hydrogen-bond acceptors (Lipinski definition) is 4. The number of hydrogen-bond donors (Lipinski definition) is 1. The van der Waals surface area contributed by atoms with Crippen LogP contribution < -0.4 is 4.74 Å². The van der Waals surface area contributed by atoms with Crippen molar-refractivity contribution in [3.63, 3.8) is 0 Å². The van der Waals surface area contributed by atoms with Crippen LogP contribution in [0.1, 0.15) is 32.6 Å². The van der Waals surface area contributed by atoms with E-state index in [1.54, 1.807) is 22.9 Å². The van der Waals surface area contributed by atoms with Crippen molar-refractivity contribution in [2.24, 2.45) is 0 Å². The summed E-state index contributed by atoms with van der Waals surface area (Å²) >= 11 is 8.10. The van der Waals surface area contributed by atoms with Gasteiger partial charge in [0.25, 0.3) is 0 Å². The standard InChI is InChI=1S/C24H23ClN2O2S/c1-15(2)29-18-8-6-7-17(13-18)23-11-12-24(30-23)22-14-20(16(3)28)26-27(22)21-10-5-4-9-19(21)25/h4-16,28H,1-3H3. The molecule has 1 unspecified atom stereocenters. The molecule has 1 atom stereocenters. The van der Waals surface area contributed by atoms with Crippen molar-refractivity contribution in [2.75, 3.05) is 0 Å². The van der Waals surface area contributed by atoms with Gasteiger partial charge in [-0.3, -0.25) is 0 Å². The van der Waals surface area contributed by atoms with E-state index in [2.05, 4.69) is 29.4 Å². The molecule has 1 N–H and O–H groups in total. The Morgan fingerprint density at radius 3 is 2.47 bits per heavy atom. The van der Waals surface area contributed by atoms with Crippen LogP contribution in [0.15, 0.2) is 66.7 Å². The van der Waals surface area contributed by atoms with Gasteiger partial charge in [-0.05, 0) is 68.8 Å². The largest absolute Gasteiger partial charge is 0.491 e. The number of nitrogens with zero attached hydrogens (tertiary/aromatic N) is 2. The van der Waals surface area contributed by atoms with Crippen LogP contribution in [0.5, 0.6) is 5.75 Å². The number of aromatic nitrogens is 2. The molecular weight excluding hydrogens is 416 g/mol. The van der Waals surface area contributed by atoms with Crippen LogP contribution in [0.25, 0.3) is 26.7 Å². The maximum Gasteiger partial charge on any atom is 0.120 e. The Labute approximate surface area is 185 Å². The number of para-hydroxylation sites is 1. The number of aliphatic hydroxyl groups is 1. The van der Waals surface area contributed by atoms with Gasteiger partial charge in [-0.15, -0.1) is 11.3 Å². The monoisotopic (exact) mass is 438 g/mol. The van der Waals surface area contributed by atoms with Gasteiger partial charge in [0.05, 0.1) is 39.2 Å². The van der Waals surface area contributed by atoms with E-state index in [4.69, 9.17) is 16.3 Å². The fourth-order valence-corrected chi connectivity index (χ4v) is 4.43. The first kappa shape index (κ1) is 20.7. The van der Waals surface area contributed by atoms with Crippen LogP contribution in [0.2, 0.25) is 5.02 Å². The Kier molecular flexibility index (Phi) is 5.95. The molecule has 30 heavy (non-hydrogen) atoms. The van der Waals surface area contributed by atoms with E-state index in [0.717, 1.165) is 32.4 Å². The molecule has 0 radical (unpaired) electrons. The molecule has 4 aromatic rings. The van der Waals surface area contributed by atoms with Gasteiger partial charge in [0.15, 0.2) is 0 Å². The number of benzene rings is 2. The van der Waals surface area contributed by atoms with E-state index < -0.39 is 6.10 Å². The highest BCUT2D eigenvalue weighted by atomic mass is 35.5. The Morgan fingerprint density at radius 1 is 0.967 bits per heavy atom. The van der Waals surface area contributed by atoms with E-state index in [1.807, 2.05) is 56.3 Å². The molecule has 0 bridgehead atoms. The van der Waals surface area contributed by atoms with E-state index in [1.165, 1.54) is 0 Å². The van der Waals surface area contributed by atoms with Gasteiger partial charge in [0, 0.05) is 4.88 Å². The van der Waals surface area contributed by atoms with Crippen molar-refractivity contribution in [1.29, 1.82) is 0 Å². The lowest BCUT2D eigenvalue weighted by molar-refractivity contribution is 0.193. The second kappa shape index (κ2) is 8.64. The van der Waals surface area contributed by atoms with Gasteiger partial charge < -0.3 is 9.84 Å². The summed E-state index contributed by atoms with van der Waals surface area (Å²) in [5.74, 6) is 0.856. The van der Waals surface area contributed by atoms with E-state index in [0.29, 0.717) is 10.7 Å². The van der Waals surface area contributed by atoms with Crippen molar-refractivity contribution in [3.05, 3.63) is 77.4 Å². The maximum absolute atomic E-state index is 10.1. The zero-order valence-corrected chi connectivity index (χ0v) is 18.6. The number of ether oxygens (including phenoxy) is 1. The molecule has 4 rings (SSSR count). The number of halogens is 1. The van der Waals surface area contributed by atoms with Crippen LogP contribution in [0.3, 0.4) is 0 Å². The lowest BCUT2D eigenvalue weighted by Crippen LogP contribution is -2.05. The highest BCUT2D eigenvalue weighted by molar-refractivity contribution is 7.18. The first-order valence-electron chi connectivity index (χ1n) is 9.82. The molecule has 4 nitrogen and oxygen atoms in total. The first-order valence-corrected chi connectivity index (χ1v) is 11.0. The molecule has 0 spiro atoms. The molecule has 2 aromatic carbocycles. The third-order valence-electron chi connectivity index (χ3n) is 4.59. The van der Waals surface area contributed by atoms with Crippen LogP contribution in [-0.4, -0.2) is 21.0 Å². The molecular formula is C24H23ClN2O2S. The summed E-state index contributed by atoms with van der Waals surface area (Å²) < 4.78 is 7.64. The van der Waals surface area contributed by atoms with Crippen LogP contribution in [-0.2, 0) is 0 Å². The minimum absolute atomic E-state index is 0.128. The van der Waals surface area contributed by atoms with Crippen molar-refractivity contribution in [1.82, 2.24) is 9.78 Å². The molecule has 2 heterocycles. The second-order valence-corrected chi connectivity index (χ2v) is 8.84. The molecule has 2 aromatic heterocycles. The third kappa shape index (κ3) is 4.29. The van der Waals surface area contributed by atoms with Gasteiger partial charge >= 0.3 is 0 Å². The predicted molar refractivity (Wildman–Crippen MR) is 124 cm³/mol. The third-order valence-corrected chi connectivity index (χ3v) is 6.06. The van der Waals surface area contributed by atoms with Crippen LogP contribution in [0.4, 0.5) is 0 Å². The Hall–Kier alpha value is -2.60. The van der Waals surface area contributed by atoms with Gasteiger partial charge in [0.1, 0.15) is 5.75 Å². The van der Waals surface area contributed by atoms with Crippen molar-refractivity contribution in [2.45, 2.75) is 33.0 Å². The fraction of sp³-hybridized carbons (Fsp3) is 0.208. The summed E-state index contributed by atoms with van der Waals surface area (Å²) in [6.07, 6.45) is -0.542. The second-order valence-electron chi connectivity index (χ2n) is 7.35. The average molecular weight is 439 g/mol. The van der Waals surface area contributed by atoms with Crippen molar-refractivity contribution >= 4 is 22.9 Å². The Bertz CT molecular complexity index is 1160. The number of rotatable bonds is 6. The Morgan fingerprint density at radius 2 is 1.73 bits per heavy atom. The fourth-order valence-electron chi connectivity index (χ4n) is 3.21. The number of thiophene rings is 1. The summed E-state index contributed by atoms with van der Waals surface area (Å²) in [7, 11) is 0. The molecule has 0 saturated heterocycles.